The molecule has 78 valence electrons. The molecule has 0 amide bonds. The van der Waals surface area contributed by atoms with E-state index in [1.807, 2.05) is 37.3 Å². The van der Waals surface area contributed by atoms with Gasteiger partial charge in [-0.05, 0) is 30.7 Å². The summed E-state index contributed by atoms with van der Waals surface area (Å²) >= 11 is 0. The number of nitrogens with zero attached hydrogens (tertiary/aromatic N) is 2. The maximum atomic E-state index is 9.06. The third-order valence-electron chi connectivity index (χ3n) is 2.34. The predicted octanol–water partition coefficient (Wildman–Crippen LogP) is 2.51. The Kier molecular flexibility index (Phi) is 2.57. The molecule has 2 rings (SSSR count). The quantitative estimate of drug-likeness (QED) is 0.784. The Hall–Kier alpha value is -2.34. The molecule has 1 heterocycles. The first-order chi connectivity index (χ1) is 7.70. The van der Waals surface area contributed by atoms with Gasteiger partial charge in [0.05, 0.1) is 17.3 Å². The number of benzene rings is 1. The summed E-state index contributed by atoms with van der Waals surface area (Å²) in [7, 11) is 0. The fourth-order valence-electron chi connectivity index (χ4n) is 1.58. The molecule has 0 radical (unpaired) electrons. The van der Waals surface area contributed by atoms with Crippen molar-refractivity contribution in [1.29, 1.82) is 5.26 Å². The Labute approximate surface area is 94.2 Å². The molecule has 2 aromatic rings. The van der Waals surface area contributed by atoms with Gasteiger partial charge in [0.25, 0.3) is 0 Å². The zero-order chi connectivity index (χ0) is 11.5. The third kappa shape index (κ3) is 1.86. The number of nitrogen functional groups attached to an aromatic ring is 1. The topological polar surface area (TPSA) is 62.7 Å². The highest BCUT2D eigenvalue weighted by Crippen LogP contribution is 2.23. The van der Waals surface area contributed by atoms with E-state index in [4.69, 9.17) is 11.0 Å². The van der Waals surface area contributed by atoms with Gasteiger partial charge in [-0.25, -0.2) is 4.98 Å². The van der Waals surface area contributed by atoms with Crippen molar-refractivity contribution in [1.82, 2.24) is 4.98 Å². The average Bonchev–Trinajstić information content (AvgIpc) is 2.28. The first-order valence-corrected chi connectivity index (χ1v) is 4.94. The molecule has 1 aromatic carbocycles. The van der Waals surface area contributed by atoms with Crippen LogP contribution in [0.4, 0.5) is 5.82 Å². The highest BCUT2D eigenvalue weighted by atomic mass is 14.8. The zero-order valence-electron chi connectivity index (χ0n) is 8.94. The van der Waals surface area contributed by atoms with Crippen LogP contribution in [-0.2, 0) is 0 Å². The van der Waals surface area contributed by atoms with Gasteiger partial charge in [0.1, 0.15) is 5.82 Å². The van der Waals surface area contributed by atoms with E-state index in [-0.39, 0.29) is 0 Å². The van der Waals surface area contributed by atoms with Gasteiger partial charge >= 0.3 is 0 Å². The summed E-state index contributed by atoms with van der Waals surface area (Å²) in [6, 6.07) is 13.3. The van der Waals surface area contributed by atoms with Crippen LogP contribution in [0.25, 0.3) is 11.3 Å². The van der Waals surface area contributed by atoms with E-state index in [0.29, 0.717) is 11.4 Å². The monoisotopic (exact) mass is 209 g/mol. The van der Waals surface area contributed by atoms with Crippen molar-refractivity contribution in [2.24, 2.45) is 0 Å². The Morgan fingerprint density at radius 2 is 2.06 bits per heavy atom. The first kappa shape index (κ1) is 10.2. The van der Waals surface area contributed by atoms with Gasteiger partial charge < -0.3 is 5.73 Å². The molecule has 0 spiro atoms. The standard InChI is InChI=1S/C13H11N3/c1-9-5-6-11(10(7-9)8-14)12-3-2-4-13(15)16-12/h2-7H,1H3,(H2,15,16). The molecule has 0 unspecified atom stereocenters. The lowest BCUT2D eigenvalue weighted by molar-refractivity contribution is 1.32. The second kappa shape index (κ2) is 4.03. The molecule has 0 atom stereocenters. The molecule has 3 heteroatoms. The largest absolute Gasteiger partial charge is 0.384 e. The lowest BCUT2D eigenvalue weighted by Gasteiger charge is -2.04. The Morgan fingerprint density at radius 3 is 2.75 bits per heavy atom. The summed E-state index contributed by atoms with van der Waals surface area (Å²) in [5, 5.41) is 9.06. The number of pyridine rings is 1. The Bertz CT molecular complexity index is 568. The minimum Gasteiger partial charge on any atom is -0.384 e. The van der Waals surface area contributed by atoms with Gasteiger partial charge in [0.15, 0.2) is 0 Å². The number of rotatable bonds is 1. The molecule has 0 fully saturated rings. The smallest absolute Gasteiger partial charge is 0.124 e. The molecule has 3 nitrogen and oxygen atoms in total. The van der Waals surface area contributed by atoms with E-state index in [0.717, 1.165) is 16.8 Å². The number of hydrogen-bond acceptors (Lipinski definition) is 3. The SMILES string of the molecule is Cc1ccc(-c2cccc(N)n2)c(C#N)c1. The van der Waals surface area contributed by atoms with Crippen LogP contribution in [0.5, 0.6) is 0 Å². The van der Waals surface area contributed by atoms with E-state index >= 15 is 0 Å². The van der Waals surface area contributed by atoms with Crippen molar-refractivity contribution in [3.8, 4) is 17.3 Å². The Morgan fingerprint density at radius 1 is 1.25 bits per heavy atom. The number of hydrogen-bond donors (Lipinski definition) is 1. The van der Waals surface area contributed by atoms with Crippen molar-refractivity contribution in [2.45, 2.75) is 6.92 Å². The number of aryl methyl sites for hydroxylation is 1. The van der Waals surface area contributed by atoms with E-state index in [1.165, 1.54) is 0 Å². The molecule has 0 saturated carbocycles. The van der Waals surface area contributed by atoms with Gasteiger partial charge in [-0.2, -0.15) is 5.26 Å². The molecule has 0 aliphatic carbocycles. The van der Waals surface area contributed by atoms with Crippen molar-refractivity contribution in [3.63, 3.8) is 0 Å². The first-order valence-electron chi connectivity index (χ1n) is 4.94. The number of anilines is 1. The molecular weight excluding hydrogens is 198 g/mol. The van der Waals surface area contributed by atoms with Crippen LogP contribution in [0.15, 0.2) is 36.4 Å². The lowest BCUT2D eigenvalue weighted by atomic mass is 10.0. The van der Waals surface area contributed by atoms with Crippen LogP contribution in [0, 0.1) is 18.3 Å². The van der Waals surface area contributed by atoms with Crippen molar-refractivity contribution in [3.05, 3.63) is 47.5 Å². The van der Waals surface area contributed by atoms with E-state index in [9.17, 15) is 0 Å². The van der Waals surface area contributed by atoms with Crippen LogP contribution in [-0.4, -0.2) is 4.98 Å². The maximum absolute atomic E-state index is 9.06. The van der Waals surface area contributed by atoms with Crippen molar-refractivity contribution in [2.75, 3.05) is 5.73 Å². The van der Waals surface area contributed by atoms with Gasteiger partial charge in [-0.3, -0.25) is 0 Å². The summed E-state index contributed by atoms with van der Waals surface area (Å²) in [4.78, 5) is 4.21. The minimum atomic E-state index is 0.460. The summed E-state index contributed by atoms with van der Waals surface area (Å²) < 4.78 is 0. The lowest BCUT2D eigenvalue weighted by Crippen LogP contribution is -1.93. The average molecular weight is 209 g/mol. The van der Waals surface area contributed by atoms with Crippen LogP contribution in [0.2, 0.25) is 0 Å². The van der Waals surface area contributed by atoms with Crippen molar-refractivity contribution >= 4 is 5.82 Å². The molecule has 16 heavy (non-hydrogen) atoms. The summed E-state index contributed by atoms with van der Waals surface area (Å²) in [6.45, 7) is 1.96. The normalized spacial score (nSPS) is 9.75. The molecule has 0 aliphatic rings. The fraction of sp³-hybridized carbons (Fsp3) is 0.0769. The fourth-order valence-corrected chi connectivity index (χ4v) is 1.58. The zero-order valence-corrected chi connectivity index (χ0v) is 8.94. The summed E-state index contributed by atoms with van der Waals surface area (Å²) in [5.41, 5.74) is 8.86. The summed E-state index contributed by atoms with van der Waals surface area (Å²) in [5.74, 6) is 0.460. The van der Waals surface area contributed by atoms with E-state index in [1.54, 1.807) is 6.07 Å². The van der Waals surface area contributed by atoms with Crippen LogP contribution >= 0.6 is 0 Å². The predicted molar refractivity (Wildman–Crippen MR) is 63.5 cm³/mol. The van der Waals surface area contributed by atoms with Crippen molar-refractivity contribution < 1.29 is 0 Å². The number of nitrogens with two attached hydrogens (primary N) is 1. The molecule has 1 aromatic heterocycles. The van der Waals surface area contributed by atoms with Gasteiger partial charge in [0.2, 0.25) is 0 Å². The van der Waals surface area contributed by atoms with E-state index in [2.05, 4.69) is 11.1 Å². The highest BCUT2D eigenvalue weighted by Gasteiger charge is 2.06. The molecule has 0 saturated heterocycles. The molecular formula is C13H11N3. The second-order valence-electron chi connectivity index (χ2n) is 3.61. The number of nitriles is 1. The number of aromatic nitrogens is 1. The molecule has 2 N–H and O–H groups in total. The van der Waals surface area contributed by atoms with Crippen LogP contribution < -0.4 is 5.73 Å². The van der Waals surface area contributed by atoms with E-state index < -0.39 is 0 Å². The van der Waals surface area contributed by atoms with Crippen LogP contribution in [0.1, 0.15) is 11.1 Å². The van der Waals surface area contributed by atoms with Gasteiger partial charge in [0, 0.05) is 5.56 Å². The molecule has 0 bridgehead atoms. The summed E-state index contributed by atoms with van der Waals surface area (Å²) in [6.07, 6.45) is 0. The maximum Gasteiger partial charge on any atom is 0.124 e. The minimum absolute atomic E-state index is 0.460. The van der Waals surface area contributed by atoms with Crippen LogP contribution in [0.3, 0.4) is 0 Å². The van der Waals surface area contributed by atoms with Gasteiger partial charge in [-0.1, -0.05) is 18.2 Å². The Balaban J connectivity index is 2.61. The second-order valence-corrected chi connectivity index (χ2v) is 3.61. The van der Waals surface area contributed by atoms with Gasteiger partial charge in [-0.15, -0.1) is 0 Å². The highest BCUT2D eigenvalue weighted by molar-refractivity contribution is 5.68. The third-order valence-corrected chi connectivity index (χ3v) is 2.34. The molecule has 0 aliphatic heterocycles.